The molecule has 6 heteroatoms. The normalized spacial score (nSPS) is 23.8. The molecule has 0 bridgehead atoms. The Balaban J connectivity index is 2.14. The van der Waals surface area contributed by atoms with E-state index in [1.807, 2.05) is 16.7 Å². The zero-order valence-electron chi connectivity index (χ0n) is 10.6. The van der Waals surface area contributed by atoms with Gasteiger partial charge in [-0.15, -0.1) is 0 Å². The van der Waals surface area contributed by atoms with Crippen molar-refractivity contribution in [1.29, 1.82) is 0 Å². The summed E-state index contributed by atoms with van der Waals surface area (Å²) >= 11 is 1.91. The smallest absolute Gasteiger partial charge is 0.255 e. The average Bonchev–Trinajstić information content (AvgIpc) is 2.41. The number of hydrogen-bond donors (Lipinski definition) is 2. The van der Waals surface area contributed by atoms with Crippen LogP contribution in [-0.2, 0) is 0 Å². The Kier molecular flexibility index (Phi) is 4.08. The lowest BCUT2D eigenvalue weighted by Gasteiger charge is -2.37. The van der Waals surface area contributed by atoms with Crippen molar-refractivity contribution in [2.45, 2.75) is 25.1 Å². The summed E-state index contributed by atoms with van der Waals surface area (Å²) in [6.07, 6.45) is 1.57. The molecule has 5 nitrogen and oxygen atoms in total. The van der Waals surface area contributed by atoms with Crippen molar-refractivity contribution in [2.24, 2.45) is 5.84 Å². The number of nitrogens with zero attached hydrogens (tertiary/aromatic N) is 2. The highest BCUT2D eigenvalue weighted by Gasteiger charge is 2.29. The molecule has 2 heterocycles. The van der Waals surface area contributed by atoms with Gasteiger partial charge in [-0.2, -0.15) is 11.8 Å². The molecule has 1 fully saturated rings. The zero-order chi connectivity index (χ0) is 13.1. The van der Waals surface area contributed by atoms with Crippen LogP contribution in [0.1, 0.15) is 24.2 Å². The fourth-order valence-corrected chi connectivity index (χ4v) is 3.09. The van der Waals surface area contributed by atoms with Crippen molar-refractivity contribution in [3.8, 4) is 0 Å². The van der Waals surface area contributed by atoms with Crippen molar-refractivity contribution >= 4 is 23.5 Å². The fourth-order valence-electron chi connectivity index (χ4n) is 1.99. The molecule has 18 heavy (non-hydrogen) atoms. The number of rotatable bonds is 2. The molecule has 2 rings (SSSR count). The molecule has 3 N–H and O–H groups in total. The number of aromatic nitrogens is 1. The van der Waals surface area contributed by atoms with Gasteiger partial charge < -0.3 is 10.3 Å². The highest BCUT2D eigenvalue weighted by atomic mass is 32.2. The van der Waals surface area contributed by atoms with Crippen LogP contribution in [0.4, 0.5) is 5.82 Å². The molecule has 1 aliphatic heterocycles. The van der Waals surface area contributed by atoms with Crippen molar-refractivity contribution in [2.75, 3.05) is 17.7 Å². The number of carbonyl (C=O) groups excluding carboxylic acids is 1. The second kappa shape index (κ2) is 5.58. The lowest BCUT2D eigenvalue weighted by Crippen LogP contribution is -2.47. The first-order valence-corrected chi connectivity index (χ1v) is 7.03. The van der Waals surface area contributed by atoms with E-state index in [-0.39, 0.29) is 11.9 Å². The Labute approximate surface area is 111 Å². The van der Waals surface area contributed by atoms with E-state index in [4.69, 9.17) is 5.84 Å². The molecule has 2 atom stereocenters. The third-order valence-corrected chi connectivity index (χ3v) is 4.64. The first-order valence-electron chi connectivity index (χ1n) is 5.98. The molecule has 1 aliphatic rings. The van der Waals surface area contributed by atoms with Crippen LogP contribution in [0.25, 0.3) is 0 Å². The SMILES string of the molecule is CC1SCCN(C(=O)c2ccc(NN)nc2)C1C. The molecule has 2 unspecified atom stereocenters. The van der Waals surface area contributed by atoms with Crippen LogP contribution < -0.4 is 11.3 Å². The Morgan fingerprint density at radius 2 is 2.33 bits per heavy atom. The van der Waals surface area contributed by atoms with E-state index in [1.165, 1.54) is 0 Å². The largest absolute Gasteiger partial charge is 0.334 e. The van der Waals surface area contributed by atoms with Gasteiger partial charge in [0, 0.05) is 29.8 Å². The first kappa shape index (κ1) is 13.2. The van der Waals surface area contributed by atoms with Crippen LogP contribution in [0.5, 0.6) is 0 Å². The van der Waals surface area contributed by atoms with Gasteiger partial charge in [0.15, 0.2) is 0 Å². The van der Waals surface area contributed by atoms with Crippen molar-refractivity contribution in [3.05, 3.63) is 23.9 Å². The van der Waals surface area contributed by atoms with Crippen LogP contribution >= 0.6 is 11.8 Å². The molecule has 0 spiro atoms. The summed E-state index contributed by atoms with van der Waals surface area (Å²) in [5.41, 5.74) is 3.06. The number of nitrogens with one attached hydrogen (secondary N) is 1. The van der Waals surface area contributed by atoms with Gasteiger partial charge in [0.05, 0.1) is 5.56 Å². The first-order chi connectivity index (χ1) is 8.63. The number of hydrazine groups is 1. The highest BCUT2D eigenvalue weighted by molar-refractivity contribution is 8.00. The quantitative estimate of drug-likeness (QED) is 0.624. The minimum atomic E-state index is 0.0470. The van der Waals surface area contributed by atoms with E-state index in [2.05, 4.69) is 24.3 Å². The van der Waals surface area contributed by atoms with Crippen LogP contribution in [0.15, 0.2) is 18.3 Å². The summed E-state index contributed by atoms with van der Waals surface area (Å²) in [4.78, 5) is 18.4. The third-order valence-electron chi connectivity index (χ3n) is 3.30. The number of thioether (sulfide) groups is 1. The average molecular weight is 266 g/mol. The van der Waals surface area contributed by atoms with Crippen molar-refractivity contribution in [1.82, 2.24) is 9.88 Å². The molecule has 0 saturated carbocycles. The number of hydrogen-bond acceptors (Lipinski definition) is 5. The van der Waals surface area contributed by atoms with Crippen LogP contribution in [0.2, 0.25) is 0 Å². The molecule has 0 aliphatic carbocycles. The van der Waals surface area contributed by atoms with Gasteiger partial charge in [0.1, 0.15) is 5.82 Å². The van der Waals surface area contributed by atoms with E-state index < -0.39 is 0 Å². The Morgan fingerprint density at radius 1 is 1.56 bits per heavy atom. The predicted octanol–water partition coefficient (Wildman–Crippen LogP) is 1.33. The molecule has 1 aromatic rings. The molecule has 1 aromatic heterocycles. The topological polar surface area (TPSA) is 71.2 Å². The van der Waals surface area contributed by atoms with Gasteiger partial charge in [-0.25, -0.2) is 10.8 Å². The fraction of sp³-hybridized carbons (Fsp3) is 0.500. The minimum Gasteiger partial charge on any atom is -0.334 e. The van der Waals surface area contributed by atoms with E-state index >= 15 is 0 Å². The van der Waals surface area contributed by atoms with Crippen LogP contribution in [0.3, 0.4) is 0 Å². The van der Waals surface area contributed by atoms with Crippen molar-refractivity contribution < 1.29 is 4.79 Å². The number of pyridine rings is 1. The summed E-state index contributed by atoms with van der Waals surface area (Å²) in [6.45, 7) is 5.05. The monoisotopic (exact) mass is 266 g/mol. The number of nitrogen functional groups attached to an aromatic ring is 1. The summed E-state index contributed by atoms with van der Waals surface area (Å²) in [5.74, 6) is 6.85. The van der Waals surface area contributed by atoms with Crippen molar-refractivity contribution in [3.63, 3.8) is 0 Å². The molecular weight excluding hydrogens is 248 g/mol. The van der Waals surface area contributed by atoms with Crippen LogP contribution in [-0.4, -0.2) is 39.4 Å². The van der Waals surface area contributed by atoms with Crippen LogP contribution in [0, 0.1) is 0 Å². The van der Waals surface area contributed by atoms with E-state index in [0.29, 0.717) is 16.6 Å². The summed E-state index contributed by atoms with van der Waals surface area (Å²) in [6, 6.07) is 3.72. The molecule has 1 saturated heterocycles. The van der Waals surface area contributed by atoms with Gasteiger partial charge in [-0.1, -0.05) is 6.92 Å². The Bertz CT molecular complexity index is 423. The van der Waals surface area contributed by atoms with Gasteiger partial charge >= 0.3 is 0 Å². The second-order valence-corrected chi connectivity index (χ2v) is 5.88. The lowest BCUT2D eigenvalue weighted by atomic mass is 10.1. The van der Waals surface area contributed by atoms with Gasteiger partial charge in [0.2, 0.25) is 0 Å². The molecular formula is C12H18N4OS. The Morgan fingerprint density at radius 3 is 2.94 bits per heavy atom. The predicted molar refractivity (Wildman–Crippen MR) is 74.5 cm³/mol. The number of amides is 1. The van der Waals surface area contributed by atoms with E-state index in [9.17, 15) is 4.79 Å². The Hall–Kier alpha value is -1.27. The molecule has 0 radical (unpaired) electrons. The molecule has 98 valence electrons. The number of anilines is 1. The zero-order valence-corrected chi connectivity index (χ0v) is 11.4. The van der Waals surface area contributed by atoms with Gasteiger partial charge in [-0.05, 0) is 19.1 Å². The number of nitrogens with two attached hydrogens (primary N) is 1. The third kappa shape index (κ3) is 2.59. The lowest BCUT2D eigenvalue weighted by molar-refractivity contribution is 0.0698. The maximum Gasteiger partial charge on any atom is 0.255 e. The van der Waals surface area contributed by atoms with Gasteiger partial charge in [-0.3, -0.25) is 4.79 Å². The summed E-state index contributed by atoms with van der Waals surface area (Å²) in [5, 5.41) is 0.473. The van der Waals surface area contributed by atoms with Gasteiger partial charge in [0.25, 0.3) is 5.91 Å². The molecule has 1 amide bonds. The molecule has 0 aromatic carbocycles. The minimum absolute atomic E-state index is 0.0470. The number of carbonyl (C=O) groups is 1. The van der Waals surface area contributed by atoms with E-state index in [0.717, 1.165) is 12.3 Å². The summed E-state index contributed by atoms with van der Waals surface area (Å²) < 4.78 is 0. The summed E-state index contributed by atoms with van der Waals surface area (Å²) in [7, 11) is 0. The standard InChI is InChI=1S/C12H18N4OS/c1-8-9(2)18-6-5-16(8)12(17)10-3-4-11(15-13)14-7-10/h3-4,7-9H,5-6,13H2,1-2H3,(H,14,15). The maximum atomic E-state index is 12.4. The maximum absolute atomic E-state index is 12.4. The second-order valence-electron chi connectivity index (χ2n) is 4.39. The highest BCUT2D eigenvalue weighted by Crippen LogP contribution is 2.25. The van der Waals surface area contributed by atoms with E-state index in [1.54, 1.807) is 18.3 Å².